The Bertz CT molecular complexity index is 284. The van der Waals surface area contributed by atoms with Crippen LogP contribution < -0.4 is 5.32 Å². The van der Waals surface area contributed by atoms with Crippen LogP contribution >= 0.6 is 0 Å². The normalized spacial score (nSPS) is 25.5. The van der Waals surface area contributed by atoms with E-state index in [4.69, 9.17) is 9.57 Å². The van der Waals surface area contributed by atoms with E-state index in [1.165, 1.54) is 12.2 Å². The Kier molecular flexibility index (Phi) is 4.95. The van der Waals surface area contributed by atoms with Gasteiger partial charge in [0, 0.05) is 19.0 Å². The SMILES string of the molecule is CON(C)C(O)C1CC(NC(=O)OC(C)(C)C)C1. The number of rotatable bonds is 4. The third-order valence-electron chi connectivity index (χ3n) is 2.98. The van der Waals surface area contributed by atoms with Crippen LogP contribution in [0, 0.1) is 5.92 Å². The number of alkyl carbamates (subject to hydrolysis) is 1. The number of hydroxylamine groups is 2. The van der Waals surface area contributed by atoms with Crippen LogP contribution in [0.1, 0.15) is 33.6 Å². The standard InChI is InChI=1S/C12H24N2O4/c1-12(2,3)18-11(16)13-9-6-8(7-9)10(15)14(4)17-5/h8-10,15H,6-7H2,1-5H3,(H,13,16). The lowest BCUT2D eigenvalue weighted by molar-refractivity contribution is -0.230. The van der Waals surface area contributed by atoms with Crippen molar-refractivity contribution in [2.45, 2.75) is 51.5 Å². The summed E-state index contributed by atoms with van der Waals surface area (Å²) in [6.07, 6.45) is 0.426. The maximum atomic E-state index is 11.5. The Morgan fingerprint density at radius 1 is 1.44 bits per heavy atom. The van der Waals surface area contributed by atoms with Crippen molar-refractivity contribution >= 4 is 6.09 Å². The van der Waals surface area contributed by atoms with E-state index in [1.807, 2.05) is 20.8 Å². The number of aliphatic hydroxyl groups is 1. The van der Waals surface area contributed by atoms with Crippen LogP contribution in [0.4, 0.5) is 4.79 Å². The molecule has 0 aliphatic heterocycles. The molecule has 1 unspecified atom stereocenters. The van der Waals surface area contributed by atoms with Crippen LogP contribution in [0.3, 0.4) is 0 Å². The van der Waals surface area contributed by atoms with Crippen LogP contribution in [0.2, 0.25) is 0 Å². The van der Waals surface area contributed by atoms with Gasteiger partial charge < -0.3 is 20.0 Å². The van der Waals surface area contributed by atoms with Gasteiger partial charge in [-0.2, -0.15) is 5.06 Å². The molecular formula is C12H24N2O4. The lowest BCUT2D eigenvalue weighted by atomic mass is 9.79. The number of ether oxygens (including phenoxy) is 1. The van der Waals surface area contributed by atoms with Gasteiger partial charge in [-0.3, -0.25) is 0 Å². The van der Waals surface area contributed by atoms with E-state index in [1.54, 1.807) is 7.05 Å². The second-order valence-electron chi connectivity index (χ2n) is 5.72. The van der Waals surface area contributed by atoms with E-state index in [-0.39, 0.29) is 12.0 Å². The van der Waals surface area contributed by atoms with Gasteiger partial charge in [0.2, 0.25) is 0 Å². The molecule has 6 nitrogen and oxygen atoms in total. The van der Waals surface area contributed by atoms with Gasteiger partial charge in [-0.25, -0.2) is 4.79 Å². The average molecular weight is 260 g/mol. The minimum Gasteiger partial charge on any atom is -0.444 e. The number of carbonyl (C=O) groups is 1. The largest absolute Gasteiger partial charge is 0.444 e. The van der Waals surface area contributed by atoms with Crippen molar-refractivity contribution in [3.05, 3.63) is 0 Å². The summed E-state index contributed by atoms with van der Waals surface area (Å²) in [5, 5.41) is 14.0. The molecule has 1 rings (SSSR count). The van der Waals surface area contributed by atoms with Gasteiger partial charge in [0.05, 0.1) is 7.11 Å². The topological polar surface area (TPSA) is 71.0 Å². The third-order valence-corrected chi connectivity index (χ3v) is 2.98. The minimum absolute atomic E-state index is 0.0738. The van der Waals surface area contributed by atoms with Crippen LogP contribution in [-0.2, 0) is 9.57 Å². The summed E-state index contributed by atoms with van der Waals surface area (Å²) in [7, 11) is 3.19. The summed E-state index contributed by atoms with van der Waals surface area (Å²) < 4.78 is 5.16. The first-order valence-corrected chi connectivity index (χ1v) is 6.17. The van der Waals surface area contributed by atoms with Crippen LogP contribution in [0.5, 0.6) is 0 Å². The zero-order chi connectivity index (χ0) is 13.9. The number of nitrogens with one attached hydrogen (secondary N) is 1. The molecule has 0 heterocycles. The van der Waals surface area contributed by atoms with Gasteiger partial charge in [-0.15, -0.1) is 0 Å². The molecule has 0 spiro atoms. The lowest BCUT2D eigenvalue weighted by Gasteiger charge is -2.40. The first-order chi connectivity index (χ1) is 8.23. The minimum atomic E-state index is -0.633. The molecule has 1 fully saturated rings. The van der Waals surface area contributed by atoms with Gasteiger partial charge in [0.15, 0.2) is 0 Å². The molecule has 1 amide bonds. The molecule has 0 radical (unpaired) electrons. The van der Waals surface area contributed by atoms with Crippen LogP contribution in [0.25, 0.3) is 0 Å². The van der Waals surface area contributed by atoms with Crippen molar-refractivity contribution in [1.29, 1.82) is 0 Å². The molecule has 1 aliphatic rings. The molecule has 0 saturated heterocycles. The first kappa shape index (κ1) is 15.2. The van der Waals surface area contributed by atoms with Gasteiger partial charge in [-0.1, -0.05) is 0 Å². The van der Waals surface area contributed by atoms with Crippen molar-refractivity contribution in [2.75, 3.05) is 14.2 Å². The molecule has 0 aromatic carbocycles. The van der Waals surface area contributed by atoms with E-state index < -0.39 is 17.9 Å². The molecule has 0 aromatic rings. The van der Waals surface area contributed by atoms with E-state index in [0.29, 0.717) is 0 Å². The fourth-order valence-electron chi connectivity index (χ4n) is 1.90. The predicted octanol–water partition coefficient (Wildman–Crippen LogP) is 1.10. The number of aliphatic hydroxyl groups excluding tert-OH is 1. The summed E-state index contributed by atoms with van der Waals surface area (Å²) in [6, 6.07) is 0.0738. The number of nitrogens with zero attached hydrogens (tertiary/aromatic N) is 1. The summed E-state index contributed by atoms with van der Waals surface area (Å²) in [5.74, 6) is 0.120. The Balaban J connectivity index is 2.25. The zero-order valence-electron chi connectivity index (χ0n) is 11.8. The number of carbonyl (C=O) groups excluding carboxylic acids is 1. The fourth-order valence-corrected chi connectivity index (χ4v) is 1.90. The highest BCUT2D eigenvalue weighted by Gasteiger charge is 2.37. The van der Waals surface area contributed by atoms with Crippen molar-refractivity contribution in [3.8, 4) is 0 Å². The van der Waals surface area contributed by atoms with Gasteiger partial charge in [0.1, 0.15) is 11.8 Å². The summed E-state index contributed by atoms with van der Waals surface area (Å²) in [5.41, 5.74) is -0.483. The second kappa shape index (κ2) is 5.86. The summed E-state index contributed by atoms with van der Waals surface area (Å²) in [6.45, 7) is 5.48. The van der Waals surface area contributed by atoms with Gasteiger partial charge in [0.25, 0.3) is 0 Å². The maximum Gasteiger partial charge on any atom is 0.407 e. The van der Waals surface area contributed by atoms with Gasteiger partial charge in [-0.05, 0) is 33.6 Å². The van der Waals surface area contributed by atoms with Crippen molar-refractivity contribution in [1.82, 2.24) is 10.4 Å². The fraction of sp³-hybridized carbons (Fsp3) is 0.917. The highest BCUT2D eigenvalue weighted by molar-refractivity contribution is 5.68. The molecule has 6 heteroatoms. The Morgan fingerprint density at radius 2 is 2.00 bits per heavy atom. The second-order valence-corrected chi connectivity index (χ2v) is 5.72. The summed E-state index contributed by atoms with van der Waals surface area (Å²) >= 11 is 0. The summed E-state index contributed by atoms with van der Waals surface area (Å²) in [4.78, 5) is 16.4. The molecule has 0 aromatic heterocycles. The maximum absolute atomic E-state index is 11.5. The van der Waals surface area contributed by atoms with Crippen LogP contribution in [-0.4, -0.2) is 48.3 Å². The van der Waals surface area contributed by atoms with E-state index in [0.717, 1.165) is 12.8 Å². The Morgan fingerprint density at radius 3 is 2.44 bits per heavy atom. The quantitative estimate of drug-likeness (QED) is 0.585. The van der Waals surface area contributed by atoms with Crippen LogP contribution in [0.15, 0.2) is 0 Å². The van der Waals surface area contributed by atoms with Crippen molar-refractivity contribution in [3.63, 3.8) is 0 Å². The molecule has 1 aliphatic carbocycles. The smallest absolute Gasteiger partial charge is 0.407 e. The zero-order valence-corrected chi connectivity index (χ0v) is 11.8. The number of hydrogen-bond donors (Lipinski definition) is 2. The highest BCUT2D eigenvalue weighted by atomic mass is 16.7. The monoisotopic (exact) mass is 260 g/mol. The molecule has 0 bridgehead atoms. The van der Waals surface area contributed by atoms with E-state index in [9.17, 15) is 9.90 Å². The molecule has 106 valence electrons. The molecule has 1 atom stereocenters. The number of hydrogen-bond acceptors (Lipinski definition) is 5. The predicted molar refractivity (Wildman–Crippen MR) is 66.7 cm³/mol. The molecule has 18 heavy (non-hydrogen) atoms. The molecule has 1 saturated carbocycles. The average Bonchev–Trinajstić information content (AvgIpc) is 2.18. The van der Waals surface area contributed by atoms with Crippen molar-refractivity contribution < 1.29 is 19.5 Å². The lowest BCUT2D eigenvalue weighted by Crippen LogP contribution is -2.52. The molecule has 2 N–H and O–H groups in total. The molecular weight excluding hydrogens is 236 g/mol. The van der Waals surface area contributed by atoms with Gasteiger partial charge >= 0.3 is 6.09 Å². The third kappa shape index (κ3) is 4.44. The highest BCUT2D eigenvalue weighted by Crippen LogP contribution is 2.31. The Hall–Kier alpha value is -0.850. The Labute approximate surface area is 108 Å². The first-order valence-electron chi connectivity index (χ1n) is 6.17. The number of amides is 1. The van der Waals surface area contributed by atoms with E-state index in [2.05, 4.69) is 5.32 Å². The van der Waals surface area contributed by atoms with E-state index >= 15 is 0 Å². The van der Waals surface area contributed by atoms with Crippen molar-refractivity contribution in [2.24, 2.45) is 5.92 Å².